The largest absolute Gasteiger partial charge is 0.368 e. The van der Waals surface area contributed by atoms with E-state index in [0.29, 0.717) is 24.6 Å². The quantitative estimate of drug-likeness (QED) is 0.671. The van der Waals surface area contributed by atoms with Crippen LogP contribution in [-0.4, -0.2) is 54.7 Å². The number of nitrogens with zero attached hydrogens (tertiary/aromatic N) is 3. The molecule has 134 valence electrons. The first-order chi connectivity index (χ1) is 12.0. The van der Waals surface area contributed by atoms with E-state index in [1.165, 1.54) is 0 Å². The summed E-state index contributed by atoms with van der Waals surface area (Å²) in [6, 6.07) is 11.2. The number of anilines is 1. The molecule has 0 aliphatic rings. The number of halogens is 1. The van der Waals surface area contributed by atoms with Gasteiger partial charge in [-0.3, -0.25) is 4.79 Å². The normalized spacial score (nSPS) is 10.7. The molecule has 7 heteroatoms. The molecule has 2 N–H and O–H groups in total. The van der Waals surface area contributed by atoms with Crippen molar-refractivity contribution in [3.05, 3.63) is 52.7 Å². The van der Waals surface area contributed by atoms with Crippen LogP contribution >= 0.6 is 11.6 Å². The van der Waals surface area contributed by atoms with Gasteiger partial charge < -0.3 is 15.5 Å². The van der Waals surface area contributed by atoms with E-state index < -0.39 is 0 Å². The molecule has 0 saturated heterocycles. The fraction of sp³-hybridized carbons (Fsp3) is 0.389. The average Bonchev–Trinajstić information content (AvgIpc) is 2.59. The number of carbonyl (C=O) groups is 1. The van der Waals surface area contributed by atoms with Crippen molar-refractivity contribution in [2.45, 2.75) is 12.8 Å². The van der Waals surface area contributed by atoms with E-state index in [9.17, 15) is 4.79 Å². The summed E-state index contributed by atoms with van der Waals surface area (Å²) >= 11 is 5.97. The predicted molar refractivity (Wildman–Crippen MR) is 101 cm³/mol. The lowest BCUT2D eigenvalue weighted by molar-refractivity contribution is 0.0946. The second-order valence-electron chi connectivity index (χ2n) is 6.02. The molecule has 0 aliphatic heterocycles. The monoisotopic (exact) mass is 361 g/mol. The topological polar surface area (TPSA) is 70.2 Å². The lowest BCUT2D eigenvalue weighted by Crippen LogP contribution is -2.28. The third kappa shape index (κ3) is 7.07. The van der Waals surface area contributed by atoms with Crippen LogP contribution in [-0.2, 0) is 6.42 Å². The molecule has 1 aromatic heterocycles. The van der Waals surface area contributed by atoms with Crippen LogP contribution in [0, 0.1) is 0 Å². The zero-order valence-electron chi connectivity index (χ0n) is 14.6. The van der Waals surface area contributed by atoms with Crippen molar-refractivity contribution in [2.24, 2.45) is 0 Å². The average molecular weight is 362 g/mol. The number of amides is 1. The molecule has 0 bridgehead atoms. The SMILES string of the molecule is CN(C)CCCNC(=O)c1ccc(NCCc2cccc(Cl)c2)nn1. The standard InChI is InChI=1S/C18H24ClN5O/c1-24(2)12-4-10-21-18(25)16-7-8-17(23-22-16)20-11-9-14-5-3-6-15(19)13-14/h3,5-8,13H,4,9-12H2,1-2H3,(H,20,23)(H,21,25). The Morgan fingerprint density at radius 3 is 2.68 bits per heavy atom. The zero-order chi connectivity index (χ0) is 18.1. The molecule has 0 unspecified atom stereocenters. The van der Waals surface area contributed by atoms with E-state index in [4.69, 9.17) is 11.6 Å². The van der Waals surface area contributed by atoms with E-state index in [0.717, 1.165) is 30.0 Å². The summed E-state index contributed by atoms with van der Waals surface area (Å²) in [7, 11) is 4.01. The van der Waals surface area contributed by atoms with E-state index >= 15 is 0 Å². The molecule has 2 aromatic rings. The first-order valence-electron chi connectivity index (χ1n) is 8.29. The van der Waals surface area contributed by atoms with Crippen LogP contribution in [0.3, 0.4) is 0 Å². The smallest absolute Gasteiger partial charge is 0.271 e. The van der Waals surface area contributed by atoms with Gasteiger partial charge in [-0.25, -0.2) is 0 Å². The number of aromatic nitrogens is 2. The van der Waals surface area contributed by atoms with Crippen LogP contribution in [0.15, 0.2) is 36.4 Å². The van der Waals surface area contributed by atoms with Gasteiger partial charge in [-0.05, 0) is 63.3 Å². The molecule has 1 heterocycles. The van der Waals surface area contributed by atoms with Gasteiger partial charge in [0, 0.05) is 18.1 Å². The van der Waals surface area contributed by atoms with Gasteiger partial charge in [-0.1, -0.05) is 23.7 Å². The van der Waals surface area contributed by atoms with Crippen molar-refractivity contribution in [1.82, 2.24) is 20.4 Å². The Labute approximate surface area is 153 Å². The summed E-state index contributed by atoms with van der Waals surface area (Å²) in [6.07, 6.45) is 1.73. The van der Waals surface area contributed by atoms with Crippen molar-refractivity contribution in [2.75, 3.05) is 39.0 Å². The molecule has 0 saturated carbocycles. The van der Waals surface area contributed by atoms with Crippen molar-refractivity contribution in [1.29, 1.82) is 0 Å². The Morgan fingerprint density at radius 1 is 1.16 bits per heavy atom. The highest BCUT2D eigenvalue weighted by atomic mass is 35.5. The third-order valence-electron chi connectivity index (χ3n) is 3.57. The second kappa shape index (κ2) is 9.96. The van der Waals surface area contributed by atoms with Crippen LogP contribution in [0.1, 0.15) is 22.5 Å². The maximum absolute atomic E-state index is 12.0. The van der Waals surface area contributed by atoms with E-state index in [1.54, 1.807) is 12.1 Å². The highest BCUT2D eigenvalue weighted by Gasteiger charge is 2.07. The molecular weight excluding hydrogens is 338 g/mol. The van der Waals surface area contributed by atoms with Gasteiger partial charge >= 0.3 is 0 Å². The minimum atomic E-state index is -0.197. The van der Waals surface area contributed by atoms with Crippen LogP contribution in [0.25, 0.3) is 0 Å². The van der Waals surface area contributed by atoms with E-state index in [1.807, 2.05) is 38.4 Å². The van der Waals surface area contributed by atoms with Gasteiger partial charge in [0.15, 0.2) is 5.69 Å². The highest BCUT2D eigenvalue weighted by Crippen LogP contribution is 2.11. The van der Waals surface area contributed by atoms with Crippen LogP contribution in [0.4, 0.5) is 5.82 Å². The number of benzene rings is 1. The first kappa shape index (κ1) is 19.1. The molecule has 25 heavy (non-hydrogen) atoms. The maximum atomic E-state index is 12.0. The summed E-state index contributed by atoms with van der Waals surface area (Å²) in [5.41, 5.74) is 1.48. The lowest BCUT2D eigenvalue weighted by atomic mass is 10.1. The highest BCUT2D eigenvalue weighted by molar-refractivity contribution is 6.30. The molecule has 0 atom stereocenters. The van der Waals surface area contributed by atoms with Crippen molar-refractivity contribution < 1.29 is 4.79 Å². The summed E-state index contributed by atoms with van der Waals surface area (Å²) in [4.78, 5) is 14.1. The molecule has 6 nitrogen and oxygen atoms in total. The molecule has 1 amide bonds. The van der Waals surface area contributed by atoms with Crippen molar-refractivity contribution in [3.63, 3.8) is 0 Å². The Bertz CT molecular complexity index is 675. The van der Waals surface area contributed by atoms with Gasteiger partial charge in [-0.2, -0.15) is 0 Å². The van der Waals surface area contributed by atoms with Gasteiger partial charge in [0.1, 0.15) is 5.82 Å². The summed E-state index contributed by atoms with van der Waals surface area (Å²) in [5.74, 6) is 0.447. The third-order valence-corrected chi connectivity index (χ3v) is 3.81. The molecule has 0 fully saturated rings. The lowest BCUT2D eigenvalue weighted by Gasteiger charge is -2.09. The number of hydrogen-bond donors (Lipinski definition) is 2. The number of rotatable bonds is 9. The Morgan fingerprint density at radius 2 is 2.00 bits per heavy atom. The minimum Gasteiger partial charge on any atom is -0.368 e. The van der Waals surface area contributed by atoms with Gasteiger partial charge in [0.2, 0.25) is 0 Å². The number of hydrogen-bond acceptors (Lipinski definition) is 5. The Balaban J connectivity index is 1.74. The molecular formula is C18H24ClN5O. The maximum Gasteiger partial charge on any atom is 0.271 e. The number of nitrogens with one attached hydrogen (secondary N) is 2. The van der Waals surface area contributed by atoms with Gasteiger partial charge in [0.05, 0.1) is 0 Å². The van der Waals surface area contributed by atoms with Crippen LogP contribution < -0.4 is 10.6 Å². The fourth-order valence-electron chi connectivity index (χ4n) is 2.26. The fourth-order valence-corrected chi connectivity index (χ4v) is 2.48. The Hall–Kier alpha value is -2.18. The van der Waals surface area contributed by atoms with Gasteiger partial charge in [-0.15, -0.1) is 10.2 Å². The van der Waals surface area contributed by atoms with Crippen LogP contribution in [0.5, 0.6) is 0 Å². The molecule has 0 aliphatic carbocycles. The molecule has 2 rings (SSSR count). The number of carbonyl (C=O) groups excluding carboxylic acids is 1. The van der Waals surface area contributed by atoms with E-state index in [2.05, 4.69) is 25.7 Å². The molecule has 0 radical (unpaired) electrons. The van der Waals surface area contributed by atoms with Crippen molar-refractivity contribution in [3.8, 4) is 0 Å². The summed E-state index contributed by atoms with van der Waals surface area (Å²) in [6.45, 7) is 2.27. The summed E-state index contributed by atoms with van der Waals surface area (Å²) < 4.78 is 0. The van der Waals surface area contributed by atoms with Crippen molar-refractivity contribution >= 4 is 23.3 Å². The van der Waals surface area contributed by atoms with Gasteiger partial charge in [0.25, 0.3) is 5.91 Å². The minimum absolute atomic E-state index is 0.197. The zero-order valence-corrected chi connectivity index (χ0v) is 15.4. The van der Waals surface area contributed by atoms with Crippen LogP contribution in [0.2, 0.25) is 5.02 Å². The van der Waals surface area contributed by atoms with E-state index in [-0.39, 0.29) is 5.91 Å². The molecule has 1 aromatic carbocycles. The molecule has 0 spiro atoms. The first-order valence-corrected chi connectivity index (χ1v) is 8.67. The predicted octanol–water partition coefficient (Wildman–Crippen LogP) is 2.47. The second-order valence-corrected chi connectivity index (χ2v) is 6.46. The Kier molecular flexibility index (Phi) is 7.63. The summed E-state index contributed by atoms with van der Waals surface area (Å²) in [5, 5.41) is 14.8.